The lowest BCUT2D eigenvalue weighted by molar-refractivity contribution is -0.125. The lowest BCUT2D eigenvalue weighted by Crippen LogP contribution is -2.46. The number of carbonyl (C=O) groups excluding carboxylic acids is 1. The van der Waals surface area contributed by atoms with Crippen LogP contribution >= 0.6 is 12.4 Å². The third-order valence-electron chi connectivity index (χ3n) is 4.73. The monoisotopic (exact) mass is 384 g/mol. The van der Waals surface area contributed by atoms with Gasteiger partial charge in [-0.05, 0) is 17.5 Å². The van der Waals surface area contributed by atoms with Gasteiger partial charge in [0.05, 0.1) is 0 Å². The lowest BCUT2D eigenvalue weighted by atomic mass is 9.71. The number of carbonyl (C=O) groups is 1. The molecule has 0 saturated carbocycles. The summed E-state index contributed by atoms with van der Waals surface area (Å²) < 4.78 is 0. The van der Waals surface area contributed by atoms with E-state index < -0.39 is 5.41 Å². The number of hydrogen-bond donors (Lipinski definition) is 1. The van der Waals surface area contributed by atoms with E-state index in [0.29, 0.717) is 6.42 Å². The highest BCUT2D eigenvalue weighted by Crippen LogP contribution is 2.36. The average molecular weight is 385 g/mol. The smallest absolute Gasteiger partial charge is 0.234 e. The van der Waals surface area contributed by atoms with Crippen molar-refractivity contribution in [2.75, 3.05) is 26.7 Å². The van der Waals surface area contributed by atoms with Crippen molar-refractivity contribution < 1.29 is 4.79 Å². The Kier molecular flexibility index (Phi) is 9.55. The maximum Gasteiger partial charge on any atom is 0.234 e. The number of rotatable bonds is 10. The number of amides is 1. The van der Waals surface area contributed by atoms with E-state index in [4.69, 9.17) is 0 Å². The van der Waals surface area contributed by atoms with E-state index >= 15 is 0 Å². The summed E-state index contributed by atoms with van der Waals surface area (Å²) >= 11 is 0. The molecule has 0 bridgehead atoms. The summed E-state index contributed by atoms with van der Waals surface area (Å²) in [7, 11) is 1.70. The Morgan fingerprint density at radius 1 is 0.963 bits per heavy atom. The van der Waals surface area contributed by atoms with Crippen molar-refractivity contribution in [2.24, 2.45) is 0 Å². The molecule has 4 heteroatoms. The molecule has 1 N–H and O–H groups in total. The first-order valence-electron chi connectivity index (χ1n) is 8.96. The maximum atomic E-state index is 13.2. The molecule has 2 aromatic carbocycles. The van der Waals surface area contributed by atoms with Crippen LogP contribution in [0.2, 0.25) is 0 Å². The van der Waals surface area contributed by atoms with Crippen molar-refractivity contribution in [1.29, 1.82) is 0 Å². The van der Waals surface area contributed by atoms with Crippen molar-refractivity contribution in [3.05, 3.63) is 97.1 Å². The van der Waals surface area contributed by atoms with Crippen LogP contribution in [0.15, 0.2) is 86.0 Å². The molecule has 0 unspecified atom stereocenters. The Morgan fingerprint density at radius 3 is 1.78 bits per heavy atom. The van der Waals surface area contributed by atoms with Crippen LogP contribution in [-0.2, 0) is 10.2 Å². The number of nitrogens with one attached hydrogen (secondary N) is 1. The molecule has 0 spiro atoms. The molecule has 27 heavy (non-hydrogen) atoms. The molecule has 0 heterocycles. The summed E-state index contributed by atoms with van der Waals surface area (Å²) in [5, 5.41) is 2.89. The Balaban J connectivity index is 0.00000364. The van der Waals surface area contributed by atoms with Crippen molar-refractivity contribution >= 4 is 18.3 Å². The molecule has 0 aliphatic carbocycles. The molecular formula is C23H29ClN2O. The van der Waals surface area contributed by atoms with Crippen LogP contribution < -0.4 is 5.32 Å². The fourth-order valence-corrected chi connectivity index (χ4v) is 3.44. The van der Waals surface area contributed by atoms with Crippen LogP contribution in [0.4, 0.5) is 0 Å². The van der Waals surface area contributed by atoms with Crippen molar-refractivity contribution in [3.63, 3.8) is 0 Å². The van der Waals surface area contributed by atoms with Gasteiger partial charge in [0, 0.05) is 26.7 Å². The first-order valence-corrected chi connectivity index (χ1v) is 8.96. The fraction of sp³-hybridized carbons (Fsp3) is 0.261. The van der Waals surface area contributed by atoms with Crippen LogP contribution in [0.3, 0.4) is 0 Å². The third-order valence-corrected chi connectivity index (χ3v) is 4.73. The van der Waals surface area contributed by atoms with Gasteiger partial charge in [-0.15, -0.1) is 25.6 Å². The van der Waals surface area contributed by atoms with E-state index in [9.17, 15) is 4.79 Å². The molecule has 2 rings (SSSR count). The Morgan fingerprint density at radius 2 is 1.41 bits per heavy atom. The lowest BCUT2D eigenvalue weighted by Gasteiger charge is -2.35. The van der Waals surface area contributed by atoms with Gasteiger partial charge in [0.15, 0.2) is 0 Å². The second-order valence-electron chi connectivity index (χ2n) is 6.30. The number of hydrogen-bond acceptors (Lipinski definition) is 2. The first-order chi connectivity index (χ1) is 12.7. The van der Waals surface area contributed by atoms with Gasteiger partial charge < -0.3 is 5.32 Å². The van der Waals surface area contributed by atoms with Gasteiger partial charge in [-0.25, -0.2) is 0 Å². The molecule has 0 fully saturated rings. The minimum atomic E-state index is -0.738. The normalized spacial score (nSPS) is 10.7. The van der Waals surface area contributed by atoms with E-state index in [1.807, 2.05) is 72.8 Å². The van der Waals surface area contributed by atoms with E-state index in [1.165, 1.54) is 0 Å². The molecule has 2 aromatic rings. The topological polar surface area (TPSA) is 32.3 Å². The van der Waals surface area contributed by atoms with Gasteiger partial charge in [-0.1, -0.05) is 72.8 Å². The Labute approximate surface area is 169 Å². The average Bonchev–Trinajstić information content (AvgIpc) is 2.70. The van der Waals surface area contributed by atoms with E-state index in [0.717, 1.165) is 30.8 Å². The summed E-state index contributed by atoms with van der Waals surface area (Å²) in [5.41, 5.74) is 1.27. The summed E-state index contributed by atoms with van der Waals surface area (Å²) in [4.78, 5) is 15.4. The predicted molar refractivity (Wildman–Crippen MR) is 116 cm³/mol. The highest BCUT2D eigenvalue weighted by molar-refractivity contribution is 5.92. The Hall–Kier alpha value is -2.36. The van der Waals surface area contributed by atoms with Crippen LogP contribution in [0.5, 0.6) is 0 Å². The summed E-state index contributed by atoms with van der Waals surface area (Å²) in [6, 6.07) is 20.0. The van der Waals surface area contributed by atoms with E-state index in [-0.39, 0.29) is 18.3 Å². The largest absolute Gasteiger partial charge is 0.358 e. The van der Waals surface area contributed by atoms with Crippen LogP contribution in [0, 0.1) is 0 Å². The van der Waals surface area contributed by atoms with E-state index in [1.54, 1.807) is 7.05 Å². The number of halogens is 1. The molecule has 0 atom stereocenters. The van der Waals surface area contributed by atoms with Crippen LogP contribution in [0.25, 0.3) is 0 Å². The zero-order valence-electron chi connectivity index (χ0n) is 15.9. The van der Waals surface area contributed by atoms with E-state index in [2.05, 4.69) is 23.4 Å². The molecular weight excluding hydrogens is 356 g/mol. The van der Waals surface area contributed by atoms with Crippen molar-refractivity contribution in [3.8, 4) is 0 Å². The molecule has 1 amide bonds. The van der Waals surface area contributed by atoms with Crippen molar-refractivity contribution in [1.82, 2.24) is 10.2 Å². The van der Waals surface area contributed by atoms with Gasteiger partial charge in [-0.2, -0.15) is 0 Å². The standard InChI is InChI=1S/C23H28N2O.ClH/c1-4-17-25(18-5-2)19-16-23(22(26)24-3,20-12-8-6-9-13-20)21-14-10-7-11-15-21;/h4-15H,1-2,16-19H2,3H3,(H,24,26);1H. The highest BCUT2D eigenvalue weighted by atomic mass is 35.5. The quantitative estimate of drug-likeness (QED) is 0.622. The molecule has 144 valence electrons. The first kappa shape index (κ1) is 22.7. The summed E-state index contributed by atoms with van der Waals surface area (Å²) in [5.74, 6) is 0.00653. The second-order valence-corrected chi connectivity index (χ2v) is 6.30. The molecule has 0 aliphatic rings. The SMILES string of the molecule is C=CCN(CC=C)CCC(C(=O)NC)(c1ccccc1)c1ccccc1.Cl. The number of likely N-dealkylation sites (N-methyl/N-ethyl adjacent to an activating group) is 1. The summed E-state index contributed by atoms with van der Waals surface area (Å²) in [6.45, 7) is 9.96. The maximum absolute atomic E-state index is 13.2. The van der Waals surface area contributed by atoms with Crippen LogP contribution in [0.1, 0.15) is 17.5 Å². The number of nitrogens with zero attached hydrogens (tertiary/aromatic N) is 1. The molecule has 0 radical (unpaired) electrons. The molecule has 0 aromatic heterocycles. The van der Waals surface area contributed by atoms with Crippen LogP contribution in [-0.4, -0.2) is 37.5 Å². The zero-order valence-corrected chi connectivity index (χ0v) is 16.8. The van der Waals surface area contributed by atoms with Gasteiger partial charge >= 0.3 is 0 Å². The number of benzene rings is 2. The Bertz CT molecular complexity index is 666. The minimum Gasteiger partial charge on any atom is -0.358 e. The third kappa shape index (κ3) is 5.31. The van der Waals surface area contributed by atoms with Gasteiger partial charge in [0.2, 0.25) is 5.91 Å². The van der Waals surface area contributed by atoms with Gasteiger partial charge in [0.25, 0.3) is 0 Å². The minimum absolute atomic E-state index is 0. The molecule has 0 saturated heterocycles. The van der Waals surface area contributed by atoms with Gasteiger partial charge in [-0.3, -0.25) is 9.69 Å². The highest BCUT2D eigenvalue weighted by Gasteiger charge is 2.41. The molecule has 3 nitrogen and oxygen atoms in total. The molecule has 0 aliphatic heterocycles. The predicted octanol–water partition coefficient (Wildman–Crippen LogP) is 4.20. The zero-order chi connectivity index (χ0) is 18.8. The second kappa shape index (κ2) is 11.4. The summed E-state index contributed by atoms with van der Waals surface area (Å²) in [6.07, 6.45) is 4.44. The fourth-order valence-electron chi connectivity index (χ4n) is 3.44. The van der Waals surface area contributed by atoms with Crippen molar-refractivity contribution in [2.45, 2.75) is 11.8 Å². The van der Waals surface area contributed by atoms with Gasteiger partial charge in [0.1, 0.15) is 5.41 Å².